The van der Waals surface area contributed by atoms with E-state index in [0.29, 0.717) is 52.9 Å². The number of fused-ring (bicyclic) bond motifs is 1. The minimum absolute atomic E-state index is 0.00114. The molecule has 2 N–H and O–H groups in total. The van der Waals surface area contributed by atoms with Gasteiger partial charge in [0.2, 0.25) is 5.91 Å². The molecule has 1 amide bonds. The quantitative estimate of drug-likeness (QED) is 0.260. The van der Waals surface area contributed by atoms with E-state index in [4.69, 9.17) is 32.7 Å². The predicted molar refractivity (Wildman–Crippen MR) is 151 cm³/mol. The normalized spacial score (nSPS) is 20.9. The molecule has 2 fully saturated rings. The van der Waals surface area contributed by atoms with Crippen LogP contribution in [0.1, 0.15) is 55.0 Å². The molecule has 11 heteroatoms. The summed E-state index contributed by atoms with van der Waals surface area (Å²) in [5, 5.41) is 4.92. The lowest BCUT2D eigenvalue weighted by atomic mass is 10.0. The van der Waals surface area contributed by atoms with Gasteiger partial charge in [0.05, 0.1) is 32.8 Å². The van der Waals surface area contributed by atoms with E-state index in [0.717, 1.165) is 39.4 Å². The number of carbonyl (C=O) groups is 1. The highest BCUT2D eigenvalue weighted by molar-refractivity contribution is 8.24. The van der Waals surface area contributed by atoms with Gasteiger partial charge in [0.25, 0.3) is 0 Å². The molecule has 1 unspecified atom stereocenters. The Kier molecular flexibility index (Phi) is 6.47. The molecule has 2 saturated heterocycles. The molecule has 200 valence electrons. The number of benzene rings is 2. The molecular weight excluding hydrogens is 547 g/mol. The van der Waals surface area contributed by atoms with Crippen molar-refractivity contribution in [2.45, 2.75) is 51.6 Å². The van der Waals surface area contributed by atoms with Crippen molar-refractivity contribution >= 4 is 56.4 Å². The molecule has 2 aromatic carbocycles. The molecule has 4 heterocycles. The van der Waals surface area contributed by atoms with Crippen LogP contribution in [-0.4, -0.2) is 41.2 Å². The van der Waals surface area contributed by atoms with Crippen LogP contribution in [-0.2, 0) is 4.79 Å². The number of anilines is 1. The summed E-state index contributed by atoms with van der Waals surface area (Å²) in [5.74, 6) is 2.24. The number of imidazole rings is 1. The molecule has 2 aliphatic rings. The van der Waals surface area contributed by atoms with E-state index in [1.807, 2.05) is 32.0 Å². The third kappa shape index (κ3) is 4.40. The lowest BCUT2D eigenvalue weighted by molar-refractivity contribution is -0.117. The second-order valence-electron chi connectivity index (χ2n) is 10.1. The van der Waals surface area contributed by atoms with Crippen molar-refractivity contribution in [1.82, 2.24) is 14.7 Å². The van der Waals surface area contributed by atoms with Crippen LogP contribution in [0.15, 0.2) is 40.9 Å². The van der Waals surface area contributed by atoms with Gasteiger partial charge < -0.3 is 14.0 Å². The Hall–Kier alpha value is -2.56. The van der Waals surface area contributed by atoms with Crippen LogP contribution < -0.4 is 4.90 Å². The van der Waals surface area contributed by atoms with Gasteiger partial charge in [0, 0.05) is 35.2 Å². The smallest absolute Gasteiger partial charge is 0.227 e. The summed E-state index contributed by atoms with van der Waals surface area (Å²) >= 11 is 12.5. The fraction of sp³-hybridized carbons (Fsp3) is 0.370. The largest absolute Gasteiger partial charge is 0.361 e. The molecule has 0 radical (unpaired) electrons. The Balaban J connectivity index is 1.50. The van der Waals surface area contributed by atoms with Crippen LogP contribution in [0, 0.1) is 13.8 Å². The van der Waals surface area contributed by atoms with Crippen molar-refractivity contribution in [3.05, 3.63) is 63.7 Å². The average Bonchev–Trinajstić information content (AvgIpc) is 3.55. The van der Waals surface area contributed by atoms with E-state index in [1.54, 1.807) is 17.0 Å². The standard InChI is InChI=1S/C27H28Cl2N4O4S/c1-15-26(16(2)37-31-15)17-3-6-23-22(13-17)30-27(33(23)18-9-11-38(35,36)12-10-18)24-7-8-25(34)32(24)19-4-5-20(28)21(29)14-19/h3-6,13-14,18,24,35-36H,7-12H2,1-2H3. The van der Waals surface area contributed by atoms with E-state index in [9.17, 15) is 13.9 Å². The summed E-state index contributed by atoms with van der Waals surface area (Å²) in [5.41, 5.74) is 5.16. The van der Waals surface area contributed by atoms with E-state index in [2.05, 4.69) is 15.8 Å². The zero-order chi connectivity index (χ0) is 26.8. The van der Waals surface area contributed by atoms with Crippen molar-refractivity contribution in [2.24, 2.45) is 0 Å². The number of halogens is 2. The van der Waals surface area contributed by atoms with Crippen LogP contribution in [0.25, 0.3) is 22.2 Å². The third-order valence-electron chi connectivity index (χ3n) is 7.65. The first kappa shape index (κ1) is 25.7. The first-order valence-corrected chi connectivity index (χ1v) is 15.2. The lowest BCUT2D eigenvalue weighted by Gasteiger charge is -2.40. The van der Waals surface area contributed by atoms with Gasteiger partial charge in [-0.05, 0) is 69.0 Å². The molecule has 0 saturated carbocycles. The van der Waals surface area contributed by atoms with Crippen LogP contribution in [0.3, 0.4) is 0 Å². The number of hydrogen-bond acceptors (Lipinski definition) is 6. The summed E-state index contributed by atoms with van der Waals surface area (Å²) in [7, 11) is -2.55. The zero-order valence-electron chi connectivity index (χ0n) is 21.0. The van der Waals surface area contributed by atoms with Crippen molar-refractivity contribution in [3.63, 3.8) is 0 Å². The second-order valence-corrected chi connectivity index (χ2v) is 13.3. The van der Waals surface area contributed by atoms with Gasteiger partial charge in [-0.15, -0.1) is 0 Å². The minimum atomic E-state index is -2.55. The fourth-order valence-corrected chi connectivity index (χ4v) is 7.62. The molecule has 4 aromatic rings. The SMILES string of the molecule is Cc1noc(C)c1-c1ccc2c(c1)nc(C1CCC(=O)N1c1ccc(Cl)c(Cl)c1)n2C1CCS(O)(O)CC1. The summed E-state index contributed by atoms with van der Waals surface area (Å²) < 4.78 is 28.2. The Bertz CT molecular complexity index is 1540. The van der Waals surface area contributed by atoms with Gasteiger partial charge in [0.15, 0.2) is 0 Å². The molecule has 2 aliphatic heterocycles. The predicted octanol–water partition coefficient (Wildman–Crippen LogP) is 7.57. The van der Waals surface area contributed by atoms with Crippen molar-refractivity contribution in [1.29, 1.82) is 0 Å². The highest BCUT2D eigenvalue weighted by atomic mass is 35.5. The maximum absolute atomic E-state index is 13.2. The summed E-state index contributed by atoms with van der Waals surface area (Å²) in [6, 6.07) is 11.1. The van der Waals surface area contributed by atoms with E-state index < -0.39 is 10.6 Å². The van der Waals surface area contributed by atoms with Gasteiger partial charge >= 0.3 is 0 Å². The van der Waals surface area contributed by atoms with Crippen LogP contribution in [0.4, 0.5) is 5.69 Å². The summed E-state index contributed by atoms with van der Waals surface area (Å²) in [6.07, 6.45) is 2.25. The Morgan fingerprint density at radius 2 is 1.79 bits per heavy atom. The number of hydrogen-bond donors (Lipinski definition) is 2. The molecule has 0 aliphatic carbocycles. The van der Waals surface area contributed by atoms with E-state index >= 15 is 0 Å². The maximum Gasteiger partial charge on any atom is 0.227 e. The zero-order valence-corrected chi connectivity index (χ0v) is 23.4. The minimum Gasteiger partial charge on any atom is -0.361 e. The number of aromatic nitrogens is 3. The van der Waals surface area contributed by atoms with Crippen LogP contribution >= 0.6 is 33.8 Å². The van der Waals surface area contributed by atoms with Gasteiger partial charge in [-0.25, -0.2) is 4.98 Å². The van der Waals surface area contributed by atoms with Gasteiger partial charge in [-0.1, -0.05) is 34.4 Å². The summed E-state index contributed by atoms with van der Waals surface area (Å²) in [4.78, 5) is 20.1. The third-order valence-corrected chi connectivity index (χ3v) is 10.2. The topological polar surface area (TPSA) is 105 Å². The Morgan fingerprint density at radius 3 is 2.47 bits per heavy atom. The number of rotatable bonds is 4. The molecule has 8 nitrogen and oxygen atoms in total. The number of carbonyl (C=O) groups excluding carboxylic acids is 1. The van der Waals surface area contributed by atoms with Crippen LogP contribution in [0.2, 0.25) is 10.0 Å². The number of nitrogens with zero attached hydrogens (tertiary/aromatic N) is 4. The average molecular weight is 576 g/mol. The van der Waals surface area contributed by atoms with E-state index in [1.165, 1.54) is 0 Å². The highest BCUT2D eigenvalue weighted by Gasteiger charge is 2.39. The number of amides is 1. The molecule has 6 rings (SSSR count). The molecule has 2 aromatic heterocycles. The van der Waals surface area contributed by atoms with Gasteiger partial charge in [0.1, 0.15) is 11.6 Å². The molecule has 1 atom stereocenters. The first-order valence-electron chi connectivity index (χ1n) is 12.6. The molecule has 0 spiro atoms. The Labute approximate surface area is 231 Å². The van der Waals surface area contributed by atoms with Gasteiger partial charge in [-0.2, -0.15) is 10.6 Å². The monoisotopic (exact) mass is 574 g/mol. The highest BCUT2D eigenvalue weighted by Crippen LogP contribution is 2.49. The lowest BCUT2D eigenvalue weighted by Crippen LogP contribution is -2.31. The van der Waals surface area contributed by atoms with Crippen molar-refractivity contribution in [2.75, 3.05) is 16.4 Å². The first-order chi connectivity index (χ1) is 18.1. The second kappa shape index (κ2) is 9.57. The van der Waals surface area contributed by atoms with Crippen molar-refractivity contribution < 1.29 is 18.4 Å². The van der Waals surface area contributed by atoms with E-state index in [-0.39, 0.29) is 18.0 Å². The maximum atomic E-state index is 13.2. The van der Waals surface area contributed by atoms with Gasteiger partial charge in [-0.3, -0.25) is 13.9 Å². The Morgan fingerprint density at radius 1 is 1.03 bits per heavy atom. The molecule has 0 bridgehead atoms. The van der Waals surface area contributed by atoms with Crippen LogP contribution in [0.5, 0.6) is 0 Å². The summed E-state index contributed by atoms with van der Waals surface area (Å²) in [6.45, 7) is 3.81. The molecule has 38 heavy (non-hydrogen) atoms. The van der Waals surface area contributed by atoms with Crippen molar-refractivity contribution in [3.8, 4) is 11.1 Å². The molecular formula is C27H28Cl2N4O4S. The number of aryl methyl sites for hydroxylation is 2. The fourth-order valence-electron chi connectivity index (χ4n) is 5.83.